The van der Waals surface area contributed by atoms with E-state index < -0.39 is 15.8 Å². The molecule has 0 atom stereocenters. The van der Waals surface area contributed by atoms with Gasteiger partial charge in [-0.05, 0) is 84.0 Å². The fourth-order valence-electron chi connectivity index (χ4n) is 5.16. The van der Waals surface area contributed by atoms with Gasteiger partial charge in [0, 0.05) is 0 Å². The van der Waals surface area contributed by atoms with Crippen LogP contribution in [0.2, 0.25) is 0 Å². The number of aryl methyl sites for hydroxylation is 1. The molecule has 2 aromatic rings. The van der Waals surface area contributed by atoms with Crippen LogP contribution in [-0.4, -0.2) is 25.2 Å². The van der Waals surface area contributed by atoms with Crippen molar-refractivity contribution in [2.45, 2.75) is 95.8 Å². The first-order valence-electron chi connectivity index (χ1n) is 13.0. The quantitative estimate of drug-likeness (QED) is 0.270. The van der Waals surface area contributed by atoms with Crippen LogP contribution >= 0.6 is 0 Å². The molecule has 1 N–H and O–H groups in total. The van der Waals surface area contributed by atoms with E-state index in [9.17, 15) is 18.3 Å². The third-order valence-corrected chi connectivity index (χ3v) is 9.11. The third-order valence-electron chi connectivity index (χ3n) is 7.27. The van der Waals surface area contributed by atoms with Crippen molar-refractivity contribution in [3.8, 4) is 0 Å². The van der Waals surface area contributed by atoms with Gasteiger partial charge in [0.2, 0.25) is 0 Å². The number of hydrogen-bond donors (Lipinski definition) is 1. The molecule has 0 aromatic heterocycles. The van der Waals surface area contributed by atoms with Crippen LogP contribution in [0.3, 0.4) is 0 Å². The van der Waals surface area contributed by atoms with E-state index in [1.807, 2.05) is 31.2 Å². The Morgan fingerprint density at radius 3 is 2.43 bits per heavy atom. The zero-order valence-electron chi connectivity index (χ0n) is 21.7. The number of hydrogen-bond acceptors (Lipinski definition) is 3. The van der Waals surface area contributed by atoms with Gasteiger partial charge in [-0.1, -0.05) is 77.2 Å². The van der Waals surface area contributed by atoms with Crippen LogP contribution in [0.4, 0.5) is 0 Å². The minimum absolute atomic E-state index is 0.194. The van der Waals surface area contributed by atoms with E-state index in [4.69, 9.17) is 0 Å². The average Bonchev–Trinajstić information content (AvgIpc) is 2.88. The number of allylic oxidation sites excluding steroid dienone is 1. The van der Waals surface area contributed by atoms with Crippen molar-refractivity contribution in [1.29, 1.82) is 0 Å². The highest BCUT2D eigenvalue weighted by Gasteiger charge is 2.33. The summed E-state index contributed by atoms with van der Waals surface area (Å²) >= 11 is 0. The van der Waals surface area contributed by atoms with E-state index in [1.165, 1.54) is 25.7 Å². The summed E-state index contributed by atoms with van der Waals surface area (Å²) in [7, 11) is -3.33. The van der Waals surface area contributed by atoms with Crippen LogP contribution in [0, 0.1) is 0 Å². The van der Waals surface area contributed by atoms with Gasteiger partial charge in [0.15, 0.2) is 9.84 Å². The normalized spacial score (nSPS) is 17.0. The molecule has 1 heterocycles. The van der Waals surface area contributed by atoms with Crippen LogP contribution in [0.25, 0.3) is 11.6 Å². The lowest BCUT2D eigenvalue weighted by Crippen LogP contribution is -2.19. The molecule has 0 saturated heterocycles. The number of fused-ring (bicyclic) bond motifs is 1. The van der Waals surface area contributed by atoms with Crippen molar-refractivity contribution in [3.05, 3.63) is 64.2 Å². The van der Waals surface area contributed by atoms with Gasteiger partial charge in [-0.25, -0.2) is 13.2 Å². The van der Waals surface area contributed by atoms with Crippen molar-refractivity contribution < 1.29 is 18.3 Å². The number of sulfone groups is 1. The zero-order chi connectivity index (χ0) is 25.6. The summed E-state index contributed by atoms with van der Waals surface area (Å²) < 4.78 is 26.4. The second-order valence-electron chi connectivity index (χ2n) is 10.5. The largest absolute Gasteiger partial charge is 0.478 e. The smallest absolute Gasteiger partial charge is 0.336 e. The molecule has 0 fully saturated rings. The lowest BCUT2D eigenvalue weighted by Gasteiger charge is -2.27. The van der Waals surface area contributed by atoms with Gasteiger partial charge in [0.1, 0.15) is 0 Å². The van der Waals surface area contributed by atoms with Gasteiger partial charge in [-0.15, -0.1) is 0 Å². The van der Waals surface area contributed by atoms with Crippen LogP contribution in [0.1, 0.15) is 112 Å². The van der Waals surface area contributed by atoms with E-state index >= 15 is 0 Å². The lowest BCUT2D eigenvalue weighted by molar-refractivity contribution is 0.0696. The molecule has 1 aliphatic rings. The number of carbonyl (C=O) groups is 1. The number of carboxylic acids is 1. The molecular weight excluding hydrogens is 456 g/mol. The molecule has 0 unspecified atom stereocenters. The molecule has 0 saturated carbocycles. The number of aromatic carboxylic acids is 1. The minimum Gasteiger partial charge on any atom is -0.478 e. The number of rotatable bonds is 10. The first kappa shape index (κ1) is 27.2. The highest BCUT2D eigenvalue weighted by atomic mass is 32.2. The maximum absolute atomic E-state index is 13.2. The molecule has 5 heteroatoms. The van der Waals surface area contributed by atoms with E-state index in [-0.39, 0.29) is 16.7 Å². The summed E-state index contributed by atoms with van der Waals surface area (Å²) in [6, 6.07) is 11.0. The van der Waals surface area contributed by atoms with E-state index in [0.29, 0.717) is 16.9 Å². The van der Waals surface area contributed by atoms with Gasteiger partial charge >= 0.3 is 5.97 Å². The molecule has 190 valence electrons. The highest BCUT2D eigenvalue weighted by molar-refractivity contribution is 7.91. The second kappa shape index (κ2) is 11.6. The van der Waals surface area contributed by atoms with Gasteiger partial charge < -0.3 is 5.11 Å². The Morgan fingerprint density at radius 2 is 1.71 bits per heavy atom. The van der Waals surface area contributed by atoms with Crippen molar-refractivity contribution in [3.63, 3.8) is 0 Å². The molecule has 35 heavy (non-hydrogen) atoms. The lowest BCUT2D eigenvalue weighted by atomic mass is 9.78. The van der Waals surface area contributed by atoms with Crippen LogP contribution < -0.4 is 0 Å². The van der Waals surface area contributed by atoms with Crippen LogP contribution in [0.15, 0.2) is 41.3 Å². The Balaban J connectivity index is 2.09. The summed E-state index contributed by atoms with van der Waals surface area (Å²) in [6.07, 6.45) is 11.3. The van der Waals surface area contributed by atoms with Crippen molar-refractivity contribution in [2.24, 2.45) is 0 Å². The third kappa shape index (κ3) is 6.63. The Kier molecular flexibility index (Phi) is 8.98. The molecule has 4 nitrogen and oxygen atoms in total. The van der Waals surface area contributed by atoms with E-state index in [1.54, 1.807) is 12.1 Å². The predicted molar refractivity (Wildman–Crippen MR) is 145 cm³/mol. The van der Waals surface area contributed by atoms with Crippen molar-refractivity contribution in [1.82, 2.24) is 0 Å². The Morgan fingerprint density at radius 1 is 1.03 bits per heavy atom. The molecule has 0 amide bonds. The number of carboxylic acid groups (broad SMARTS) is 1. The zero-order valence-corrected chi connectivity index (χ0v) is 22.5. The predicted octanol–water partition coefficient (Wildman–Crippen LogP) is 7.69. The topological polar surface area (TPSA) is 71.4 Å². The molecule has 0 bridgehead atoms. The van der Waals surface area contributed by atoms with E-state index in [0.717, 1.165) is 47.9 Å². The highest BCUT2D eigenvalue weighted by Crippen LogP contribution is 2.40. The second-order valence-corrected chi connectivity index (χ2v) is 12.6. The molecule has 0 aliphatic carbocycles. The summed E-state index contributed by atoms with van der Waals surface area (Å²) in [5.41, 5.74) is 4.60. The molecule has 3 rings (SSSR count). The fraction of sp³-hybridized carbons (Fsp3) is 0.500. The molecule has 1 aliphatic heterocycles. The van der Waals surface area contributed by atoms with Gasteiger partial charge in [-0.3, -0.25) is 0 Å². The molecule has 0 spiro atoms. The summed E-state index contributed by atoms with van der Waals surface area (Å²) in [6.45, 7) is 8.47. The molecular formula is C30H40O4S. The van der Waals surface area contributed by atoms with E-state index in [2.05, 4.69) is 26.8 Å². The first-order chi connectivity index (χ1) is 16.6. The minimum atomic E-state index is -3.33. The maximum atomic E-state index is 13.2. The van der Waals surface area contributed by atoms with Crippen molar-refractivity contribution in [2.75, 3.05) is 5.75 Å². The monoisotopic (exact) mass is 496 g/mol. The summed E-state index contributed by atoms with van der Waals surface area (Å²) in [4.78, 5) is 12.2. The molecule has 2 aromatic carbocycles. The fourth-order valence-corrected chi connectivity index (χ4v) is 6.89. The summed E-state index contributed by atoms with van der Waals surface area (Å²) in [5, 5.41) is 9.63. The standard InChI is InChI=1S/C30H40O4S/c1-5-6-7-8-9-10-14-24-20-28-27(30(3,4)17-13-18-35(28,33)34)21-26(24)22(2)19-23-15-11-12-16-25(23)29(31)32/h11-12,15-16,19-21H,5-10,13-14,17-18H2,1-4H3,(H,31,32)/b22-19+. The maximum Gasteiger partial charge on any atom is 0.336 e. The van der Waals surface area contributed by atoms with Crippen LogP contribution in [-0.2, 0) is 21.7 Å². The Labute approximate surface area is 211 Å². The van der Waals surface area contributed by atoms with Crippen LogP contribution in [0.5, 0.6) is 0 Å². The van der Waals surface area contributed by atoms with Gasteiger partial charge in [0.25, 0.3) is 0 Å². The van der Waals surface area contributed by atoms with Crippen molar-refractivity contribution >= 4 is 27.5 Å². The molecule has 0 radical (unpaired) electrons. The summed E-state index contributed by atoms with van der Waals surface area (Å²) in [5.74, 6) is -0.758. The average molecular weight is 497 g/mol. The first-order valence-corrected chi connectivity index (χ1v) is 14.6. The Hall–Kier alpha value is -2.40. The Bertz CT molecular complexity index is 1190. The SMILES string of the molecule is CCCCCCCCc1cc2c(cc1/C(C)=C/c1ccccc1C(=O)O)C(C)(C)CCCS2(=O)=O. The van der Waals surface area contributed by atoms with Gasteiger partial charge in [0.05, 0.1) is 16.2 Å². The number of unbranched alkanes of at least 4 members (excludes halogenated alkanes) is 5. The van der Waals surface area contributed by atoms with Gasteiger partial charge in [-0.2, -0.15) is 0 Å². The number of benzene rings is 2.